The number of aryl methyl sites for hydroxylation is 2. The first kappa shape index (κ1) is 18.7. The molecule has 144 valence electrons. The van der Waals surface area contributed by atoms with E-state index >= 15 is 0 Å². The Morgan fingerprint density at radius 1 is 1.29 bits per heavy atom. The maximum absolute atomic E-state index is 12.3. The van der Waals surface area contributed by atoms with Gasteiger partial charge in [0.15, 0.2) is 16.0 Å². The van der Waals surface area contributed by atoms with E-state index in [1.165, 1.54) is 23.1 Å². The van der Waals surface area contributed by atoms with E-state index in [2.05, 4.69) is 20.5 Å². The summed E-state index contributed by atoms with van der Waals surface area (Å²) in [7, 11) is 0. The molecule has 0 aliphatic rings. The van der Waals surface area contributed by atoms with Crippen molar-refractivity contribution in [3.8, 4) is 11.6 Å². The quantitative estimate of drug-likeness (QED) is 0.468. The molecule has 0 bridgehead atoms. The third kappa shape index (κ3) is 3.67. The Kier molecular flexibility index (Phi) is 5.19. The number of anilines is 1. The summed E-state index contributed by atoms with van der Waals surface area (Å²) in [5.74, 6) is 1.44. The van der Waals surface area contributed by atoms with Crippen LogP contribution in [-0.4, -0.2) is 31.4 Å². The smallest absolute Gasteiger partial charge is 0.236 e. The predicted octanol–water partition coefficient (Wildman–Crippen LogP) is 4.52. The second kappa shape index (κ2) is 7.76. The van der Waals surface area contributed by atoms with Crippen LogP contribution in [0.3, 0.4) is 0 Å². The first-order chi connectivity index (χ1) is 13.5. The summed E-state index contributed by atoms with van der Waals surface area (Å²) < 4.78 is 7.86. The number of hydrogen-bond acceptors (Lipinski definition) is 7. The van der Waals surface area contributed by atoms with Crippen LogP contribution in [0.5, 0.6) is 0 Å². The summed E-state index contributed by atoms with van der Waals surface area (Å²) in [5.41, 5.74) is 1.75. The largest absolute Gasteiger partial charge is 0.453 e. The summed E-state index contributed by atoms with van der Waals surface area (Å²) in [6, 6.07) is 9.79. The van der Waals surface area contributed by atoms with Crippen molar-refractivity contribution in [3.05, 3.63) is 40.9 Å². The zero-order chi connectivity index (χ0) is 19.7. The van der Waals surface area contributed by atoms with Gasteiger partial charge < -0.3 is 9.73 Å². The molecule has 4 aromatic rings. The first-order valence-corrected chi connectivity index (χ1v) is 10.6. The molecule has 0 radical (unpaired) electrons. The highest BCUT2D eigenvalue weighted by Gasteiger charge is 2.18. The highest BCUT2D eigenvalue weighted by molar-refractivity contribution is 7.99. The third-order valence-electron chi connectivity index (χ3n) is 4.29. The highest BCUT2D eigenvalue weighted by Crippen LogP contribution is 2.29. The van der Waals surface area contributed by atoms with Gasteiger partial charge in [-0.3, -0.25) is 9.36 Å². The van der Waals surface area contributed by atoms with Crippen molar-refractivity contribution in [3.63, 3.8) is 0 Å². The lowest BCUT2D eigenvalue weighted by Crippen LogP contribution is -2.14. The Balaban J connectivity index is 1.48. The number of furan rings is 1. The second-order valence-electron chi connectivity index (χ2n) is 6.20. The van der Waals surface area contributed by atoms with E-state index in [4.69, 9.17) is 4.42 Å². The van der Waals surface area contributed by atoms with Crippen LogP contribution < -0.4 is 5.32 Å². The Morgan fingerprint density at radius 2 is 2.11 bits per heavy atom. The van der Waals surface area contributed by atoms with Crippen molar-refractivity contribution < 1.29 is 9.21 Å². The Morgan fingerprint density at radius 3 is 2.82 bits per heavy atom. The fraction of sp³-hybridized carbons (Fsp3) is 0.263. The van der Waals surface area contributed by atoms with E-state index in [0.717, 1.165) is 21.5 Å². The van der Waals surface area contributed by atoms with Crippen molar-refractivity contribution in [2.45, 2.75) is 32.5 Å². The minimum Gasteiger partial charge on any atom is -0.453 e. The number of nitrogens with one attached hydrogen (secondary N) is 1. The van der Waals surface area contributed by atoms with Gasteiger partial charge in [0.25, 0.3) is 0 Å². The Labute approximate surface area is 170 Å². The summed E-state index contributed by atoms with van der Waals surface area (Å²) in [5, 5.41) is 13.7. The zero-order valence-electron chi connectivity index (χ0n) is 15.7. The van der Waals surface area contributed by atoms with Gasteiger partial charge in [0, 0.05) is 16.8 Å². The number of nitrogens with zero attached hydrogens (tertiary/aromatic N) is 4. The molecular weight excluding hydrogens is 394 g/mol. The van der Waals surface area contributed by atoms with Crippen molar-refractivity contribution in [2.24, 2.45) is 0 Å². The number of rotatable bonds is 6. The minimum absolute atomic E-state index is 0.116. The first-order valence-electron chi connectivity index (χ1n) is 8.84. The second-order valence-corrected chi connectivity index (χ2v) is 8.34. The molecule has 0 aliphatic carbocycles. The minimum atomic E-state index is -0.116. The molecule has 0 atom stereocenters. The lowest BCUT2D eigenvalue weighted by molar-refractivity contribution is -0.113. The molecule has 0 unspecified atom stereocenters. The molecule has 28 heavy (non-hydrogen) atoms. The van der Waals surface area contributed by atoms with Crippen molar-refractivity contribution in [2.75, 3.05) is 11.1 Å². The van der Waals surface area contributed by atoms with E-state index in [9.17, 15) is 4.79 Å². The van der Waals surface area contributed by atoms with Crippen LogP contribution >= 0.6 is 23.1 Å². The van der Waals surface area contributed by atoms with Crippen LogP contribution in [0.25, 0.3) is 22.6 Å². The molecule has 7 nitrogen and oxygen atoms in total. The van der Waals surface area contributed by atoms with Crippen LogP contribution in [0.1, 0.15) is 17.5 Å². The fourth-order valence-corrected chi connectivity index (χ4v) is 4.40. The molecule has 3 aromatic heterocycles. The number of carbonyl (C=O) groups is 1. The van der Waals surface area contributed by atoms with E-state index < -0.39 is 0 Å². The molecule has 1 aromatic carbocycles. The zero-order valence-corrected chi connectivity index (χ0v) is 17.4. The van der Waals surface area contributed by atoms with Crippen LogP contribution in [0.4, 0.5) is 5.13 Å². The average Bonchev–Trinajstić information content (AvgIpc) is 3.36. The van der Waals surface area contributed by atoms with Crippen molar-refractivity contribution in [1.29, 1.82) is 0 Å². The molecular formula is C19H19N5O2S2. The molecule has 1 amide bonds. The van der Waals surface area contributed by atoms with Gasteiger partial charge in [-0.05, 0) is 32.9 Å². The van der Waals surface area contributed by atoms with Crippen LogP contribution in [-0.2, 0) is 11.3 Å². The average molecular weight is 414 g/mol. The molecule has 4 rings (SSSR count). The van der Waals surface area contributed by atoms with Gasteiger partial charge in [0.05, 0.1) is 11.4 Å². The maximum Gasteiger partial charge on any atom is 0.236 e. The van der Waals surface area contributed by atoms with Crippen molar-refractivity contribution >= 4 is 45.1 Å². The monoisotopic (exact) mass is 413 g/mol. The number of hydrogen-bond donors (Lipinski definition) is 1. The summed E-state index contributed by atoms with van der Waals surface area (Å²) in [6.45, 7) is 6.61. The molecule has 3 heterocycles. The van der Waals surface area contributed by atoms with Gasteiger partial charge in [-0.2, -0.15) is 0 Å². The predicted molar refractivity (Wildman–Crippen MR) is 112 cm³/mol. The van der Waals surface area contributed by atoms with E-state index in [1.807, 2.05) is 55.7 Å². The van der Waals surface area contributed by atoms with Gasteiger partial charge in [-0.25, -0.2) is 4.98 Å². The number of benzene rings is 1. The maximum atomic E-state index is 12.3. The number of amides is 1. The molecule has 0 aliphatic heterocycles. The van der Waals surface area contributed by atoms with Gasteiger partial charge in [-0.1, -0.05) is 30.0 Å². The van der Waals surface area contributed by atoms with Gasteiger partial charge in [-0.15, -0.1) is 21.5 Å². The SMILES string of the molecule is CCn1c(SCC(=O)Nc2nc(C)c(C)s2)nnc1-c1cc2ccccc2o1. The summed E-state index contributed by atoms with van der Waals surface area (Å²) >= 11 is 2.82. The summed E-state index contributed by atoms with van der Waals surface area (Å²) in [6.07, 6.45) is 0. The number of thiazole rings is 1. The van der Waals surface area contributed by atoms with Gasteiger partial charge >= 0.3 is 0 Å². The topological polar surface area (TPSA) is 85.8 Å². The van der Waals surface area contributed by atoms with Crippen molar-refractivity contribution in [1.82, 2.24) is 19.7 Å². The molecule has 0 spiro atoms. The standard InChI is InChI=1S/C19H19N5O2S2/c1-4-24-17(15-9-13-7-5-6-8-14(13)26-15)22-23-19(24)27-10-16(25)21-18-20-11(2)12(3)28-18/h5-9H,4,10H2,1-3H3,(H,20,21,25). The Hall–Kier alpha value is -2.65. The molecule has 0 saturated carbocycles. The molecule has 0 fully saturated rings. The number of fused-ring (bicyclic) bond motifs is 1. The third-order valence-corrected chi connectivity index (χ3v) is 6.24. The lowest BCUT2D eigenvalue weighted by atomic mass is 10.2. The number of carbonyl (C=O) groups excluding carboxylic acids is 1. The normalized spacial score (nSPS) is 11.2. The summed E-state index contributed by atoms with van der Waals surface area (Å²) in [4.78, 5) is 17.7. The van der Waals surface area contributed by atoms with E-state index in [-0.39, 0.29) is 11.7 Å². The van der Waals surface area contributed by atoms with Crippen LogP contribution in [0.15, 0.2) is 39.9 Å². The molecule has 9 heteroatoms. The lowest BCUT2D eigenvalue weighted by Gasteiger charge is -2.05. The number of thioether (sulfide) groups is 1. The highest BCUT2D eigenvalue weighted by atomic mass is 32.2. The fourth-order valence-electron chi connectivity index (χ4n) is 2.77. The van der Waals surface area contributed by atoms with Crippen LogP contribution in [0.2, 0.25) is 0 Å². The van der Waals surface area contributed by atoms with Gasteiger partial charge in [0.2, 0.25) is 11.7 Å². The van der Waals surface area contributed by atoms with Gasteiger partial charge in [0.1, 0.15) is 5.58 Å². The van der Waals surface area contributed by atoms with E-state index in [0.29, 0.717) is 28.4 Å². The number of aromatic nitrogens is 4. The van der Waals surface area contributed by atoms with E-state index in [1.54, 1.807) is 0 Å². The molecule has 0 saturated heterocycles. The Bertz CT molecular complexity index is 1090. The molecule has 1 N–H and O–H groups in total. The number of para-hydroxylation sites is 1. The van der Waals surface area contributed by atoms with Crippen LogP contribution in [0, 0.1) is 13.8 Å².